The summed E-state index contributed by atoms with van der Waals surface area (Å²) in [6.07, 6.45) is 2.01. The first kappa shape index (κ1) is 17.1. The summed E-state index contributed by atoms with van der Waals surface area (Å²) in [6, 6.07) is 8.31. The van der Waals surface area contributed by atoms with Crippen LogP contribution >= 0.6 is 0 Å². The van der Waals surface area contributed by atoms with E-state index in [4.69, 9.17) is 10.7 Å². The van der Waals surface area contributed by atoms with Crippen molar-refractivity contribution >= 4 is 16.7 Å². The topological polar surface area (TPSA) is 58.3 Å². The molecule has 1 aromatic carbocycles. The molecule has 0 aliphatic carbocycles. The van der Waals surface area contributed by atoms with Gasteiger partial charge in [-0.15, -0.1) is 0 Å². The van der Waals surface area contributed by atoms with Gasteiger partial charge in [0, 0.05) is 31.4 Å². The number of benzene rings is 1. The maximum Gasteiger partial charge on any atom is 0.140 e. The molecule has 0 radical (unpaired) electrons. The van der Waals surface area contributed by atoms with E-state index >= 15 is 0 Å². The van der Waals surface area contributed by atoms with Crippen molar-refractivity contribution in [2.45, 2.75) is 26.7 Å². The summed E-state index contributed by atoms with van der Waals surface area (Å²) in [5.74, 6) is 2.64. The van der Waals surface area contributed by atoms with E-state index in [0.717, 1.165) is 54.5 Å². The summed E-state index contributed by atoms with van der Waals surface area (Å²) >= 11 is 0. The van der Waals surface area contributed by atoms with E-state index in [1.54, 1.807) is 0 Å². The van der Waals surface area contributed by atoms with E-state index < -0.39 is 0 Å². The predicted octanol–water partition coefficient (Wildman–Crippen LogP) is 2.30. The summed E-state index contributed by atoms with van der Waals surface area (Å²) in [7, 11) is 0. The molecule has 1 aliphatic rings. The minimum absolute atomic E-state index is 0.581. The number of likely N-dealkylation sites (tertiary alicyclic amines) is 1. The Labute approximate surface area is 144 Å². The number of hydrogen-bond donors (Lipinski definition) is 1. The average molecular weight is 327 g/mol. The molecule has 0 saturated carbocycles. The van der Waals surface area contributed by atoms with Crippen LogP contribution < -0.4 is 10.6 Å². The van der Waals surface area contributed by atoms with Crippen molar-refractivity contribution in [2.75, 3.05) is 44.2 Å². The number of rotatable bonds is 7. The normalized spacial score (nSPS) is 18.4. The molecule has 2 aromatic rings. The van der Waals surface area contributed by atoms with Gasteiger partial charge >= 0.3 is 0 Å². The summed E-state index contributed by atoms with van der Waals surface area (Å²) < 4.78 is 0. The van der Waals surface area contributed by atoms with Crippen LogP contribution in [0.25, 0.3) is 10.9 Å². The van der Waals surface area contributed by atoms with Crippen molar-refractivity contribution in [3.05, 3.63) is 30.1 Å². The third-order valence-electron chi connectivity index (χ3n) is 4.97. The summed E-state index contributed by atoms with van der Waals surface area (Å²) in [4.78, 5) is 14.5. The van der Waals surface area contributed by atoms with E-state index in [1.807, 2.05) is 6.07 Å². The number of anilines is 1. The molecule has 5 nitrogen and oxygen atoms in total. The van der Waals surface area contributed by atoms with Crippen LogP contribution in [0.2, 0.25) is 0 Å². The molecule has 130 valence electrons. The first-order chi connectivity index (χ1) is 11.7. The maximum atomic E-state index is 5.73. The lowest BCUT2D eigenvalue weighted by Gasteiger charge is -2.27. The van der Waals surface area contributed by atoms with Crippen LogP contribution in [0.5, 0.6) is 0 Å². The highest BCUT2D eigenvalue weighted by molar-refractivity contribution is 5.89. The molecule has 1 saturated heterocycles. The Morgan fingerprint density at radius 3 is 2.79 bits per heavy atom. The van der Waals surface area contributed by atoms with Gasteiger partial charge < -0.3 is 15.5 Å². The molecule has 0 bridgehead atoms. The molecule has 5 heteroatoms. The van der Waals surface area contributed by atoms with Gasteiger partial charge in [-0.25, -0.2) is 9.97 Å². The van der Waals surface area contributed by atoms with Gasteiger partial charge in [0.15, 0.2) is 0 Å². The molecule has 1 aromatic heterocycles. The highest BCUT2D eigenvalue weighted by Crippen LogP contribution is 2.26. The van der Waals surface area contributed by atoms with E-state index in [9.17, 15) is 0 Å². The second-order valence-corrected chi connectivity index (χ2v) is 6.61. The van der Waals surface area contributed by atoms with Gasteiger partial charge in [0.2, 0.25) is 0 Å². The molecule has 1 aliphatic heterocycles. The lowest BCUT2D eigenvalue weighted by molar-refractivity contribution is 0.342. The van der Waals surface area contributed by atoms with Gasteiger partial charge in [-0.3, -0.25) is 0 Å². The second-order valence-electron chi connectivity index (χ2n) is 6.61. The molecular weight excluding hydrogens is 298 g/mol. The molecule has 24 heavy (non-hydrogen) atoms. The minimum Gasteiger partial charge on any atom is -0.356 e. The molecule has 1 fully saturated rings. The van der Waals surface area contributed by atoms with Crippen LogP contribution in [0.15, 0.2) is 24.3 Å². The molecule has 2 heterocycles. The third-order valence-corrected chi connectivity index (χ3v) is 4.97. The number of para-hydroxylation sites is 1. The highest BCUT2D eigenvalue weighted by Gasteiger charge is 2.24. The van der Waals surface area contributed by atoms with Crippen LogP contribution in [0.3, 0.4) is 0 Å². The number of fused-ring (bicyclic) bond motifs is 1. The second kappa shape index (κ2) is 7.90. The SMILES string of the molecule is CCN1CCC(CN(CC)c2nc(CCN)nc3ccccc23)C1. The highest BCUT2D eigenvalue weighted by atomic mass is 15.2. The molecule has 1 atom stereocenters. The van der Waals surface area contributed by atoms with Crippen LogP contribution in [0.4, 0.5) is 5.82 Å². The maximum absolute atomic E-state index is 5.73. The summed E-state index contributed by atoms with van der Waals surface area (Å²) in [5, 5.41) is 1.14. The van der Waals surface area contributed by atoms with Gasteiger partial charge in [-0.05, 0) is 51.0 Å². The lowest BCUT2D eigenvalue weighted by atomic mass is 10.1. The molecule has 0 amide bonds. The number of nitrogens with zero attached hydrogens (tertiary/aromatic N) is 4. The van der Waals surface area contributed by atoms with Crippen molar-refractivity contribution in [3.63, 3.8) is 0 Å². The zero-order valence-corrected chi connectivity index (χ0v) is 14.9. The van der Waals surface area contributed by atoms with Crippen molar-refractivity contribution in [2.24, 2.45) is 11.7 Å². The fraction of sp³-hybridized carbons (Fsp3) is 0.579. The lowest BCUT2D eigenvalue weighted by Crippen LogP contribution is -2.32. The van der Waals surface area contributed by atoms with E-state index in [1.165, 1.54) is 19.5 Å². The number of hydrogen-bond acceptors (Lipinski definition) is 5. The number of aromatic nitrogens is 2. The van der Waals surface area contributed by atoms with Crippen molar-refractivity contribution < 1.29 is 0 Å². The van der Waals surface area contributed by atoms with Gasteiger partial charge in [0.1, 0.15) is 11.6 Å². The Kier molecular flexibility index (Phi) is 5.63. The molecule has 1 unspecified atom stereocenters. The summed E-state index contributed by atoms with van der Waals surface area (Å²) in [5.41, 5.74) is 6.75. The van der Waals surface area contributed by atoms with Crippen molar-refractivity contribution in [1.29, 1.82) is 0 Å². The summed E-state index contributed by atoms with van der Waals surface area (Å²) in [6.45, 7) is 10.6. The van der Waals surface area contributed by atoms with Gasteiger partial charge in [0.05, 0.1) is 5.52 Å². The van der Waals surface area contributed by atoms with Crippen LogP contribution in [0, 0.1) is 5.92 Å². The zero-order valence-electron chi connectivity index (χ0n) is 14.9. The Bertz CT molecular complexity index is 672. The molecule has 0 spiro atoms. The van der Waals surface area contributed by atoms with E-state index in [0.29, 0.717) is 6.54 Å². The zero-order chi connectivity index (χ0) is 16.9. The Hall–Kier alpha value is -1.72. The van der Waals surface area contributed by atoms with E-state index in [2.05, 4.69) is 46.8 Å². The monoisotopic (exact) mass is 327 g/mol. The quantitative estimate of drug-likeness (QED) is 0.845. The smallest absolute Gasteiger partial charge is 0.140 e. The van der Waals surface area contributed by atoms with Gasteiger partial charge in [0.25, 0.3) is 0 Å². The van der Waals surface area contributed by atoms with Gasteiger partial charge in [-0.2, -0.15) is 0 Å². The first-order valence-electron chi connectivity index (χ1n) is 9.18. The molecule has 2 N–H and O–H groups in total. The largest absolute Gasteiger partial charge is 0.356 e. The Balaban J connectivity index is 1.89. The fourth-order valence-corrected chi connectivity index (χ4v) is 3.61. The molecular formula is C19H29N5. The first-order valence-corrected chi connectivity index (χ1v) is 9.18. The Morgan fingerprint density at radius 2 is 2.08 bits per heavy atom. The van der Waals surface area contributed by atoms with Crippen molar-refractivity contribution in [3.8, 4) is 0 Å². The standard InChI is InChI=1S/C19H29N5/c1-3-23-12-10-15(13-23)14-24(4-2)19-16-7-5-6-8-17(16)21-18(22-19)9-11-20/h5-8,15H,3-4,9-14,20H2,1-2H3. The molecule has 3 rings (SSSR count). The average Bonchev–Trinajstić information content (AvgIpc) is 3.07. The third kappa shape index (κ3) is 3.68. The van der Waals surface area contributed by atoms with Gasteiger partial charge in [-0.1, -0.05) is 19.1 Å². The Morgan fingerprint density at radius 1 is 1.25 bits per heavy atom. The number of nitrogens with two attached hydrogens (primary N) is 1. The van der Waals surface area contributed by atoms with Crippen LogP contribution in [0.1, 0.15) is 26.1 Å². The minimum atomic E-state index is 0.581. The van der Waals surface area contributed by atoms with Crippen molar-refractivity contribution in [1.82, 2.24) is 14.9 Å². The van der Waals surface area contributed by atoms with E-state index in [-0.39, 0.29) is 0 Å². The predicted molar refractivity (Wildman–Crippen MR) is 100 cm³/mol. The van der Waals surface area contributed by atoms with Crippen LogP contribution in [-0.4, -0.2) is 54.1 Å². The fourth-order valence-electron chi connectivity index (χ4n) is 3.61. The van der Waals surface area contributed by atoms with Crippen LogP contribution in [-0.2, 0) is 6.42 Å².